The molecule has 3 aromatic heterocycles. The molecule has 0 bridgehead atoms. The van der Waals surface area contributed by atoms with E-state index in [2.05, 4.69) is 66.6 Å². The van der Waals surface area contributed by atoms with Crippen LogP contribution in [0.1, 0.15) is 19.8 Å². The maximum atomic E-state index is 4.78. The van der Waals surface area contributed by atoms with E-state index in [1.54, 1.807) is 0 Å². The van der Waals surface area contributed by atoms with Crippen LogP contribution < -0.4 is 9.75 Å². The highest BCUT2D eigenvalue weighted by Crippen LogP contribution is 2.31. The number of nitrogens with one attached hydrogen (secondary N) is 1. The van der Waals surface area contributed by atoms with Crippen molar-refractivity contribution in [2.45, 2.75) is 19.8 Å². The predicted octanol–water partition coefficient (Wildman–Crippen LogP) is 4.79. The van der Waals surface area contributed by atoms with Crippen LogP contribution in [0.2, 0.25) is 0 Å². The molecule has 1 aromatic carbocycles. The highest BCUT2D eigenvalue weighted by Gasteiger charge is 2.12. The third-order valence-electron chi connectivity index (χ3n) is 4.88. The number of fused-ring (bicyclic) bond motifs is 5. The van der Waals surface area contributed by atoms with Crippen molar-refractivity contribution in [1.29, 1.82) is 0 Å². The van der Waals surface area contributed by atoms with Gasteiger partial charge < -0.3 is 4.98 Å². The van der Waals surface area contributed by atoms with Crippen LogP contribution in [-0.2, 0) is 0 Å². The quantitative estimate of drug-likeness (QED) is 0.529. The number of H-pyrrole nitrogens is 1. The van der Waals surface area contributed by atoms with Gasteiger partial charge in [-0.1, -0.05) is 42.5 Å². The van der Waals surface area contributed by atoms with Gasteiger partial charge in [-0.25, -0.2) is 0 Å². The Kier molecular flexibility index (Phi) is 3.35. The standard InChI is InChI=1S/C22H18N2S/c1-2-15-19(12-14-8-4-3-5-9-14)25-22-20-16-10-6-7-11-17(16)24-18(20)13-23-21(15)22/h2-4,6-8,10-13,24H,5,9H2,1H3/b15-2+,19-12?. The number of aromatic amines is 1. The van der Waals surface area contributed by atoms with E-state index in [9.17, 15) is 0 Å². The molecule has 1 aliphatic rings. The second kappa shape index (κ2) is 5.71. The summed E-state index contributed by atoms with van der Waals surface area (Å²) in [5.74, 6) is 0. The second-order valence-electron chi connectivity index (χ2n) is 6.42. The fourth-order valence-corrected chi connectivity index (χ4v) is 5.02. The van der Waals surface area contributed by atoms with E-state index in [0.717, 1.165) is 23.9 Å². The van der Waals surface area contributed by atoms with E-state index in [4.69, 9.17) is 4.98 Å². The van der Waals surface area contributed by atoms with Gasteiger partial charge >= 0.3 is 0 Å². The molecule has 0 fully saturated rings. The van der Waals surface area contributed by atoms with Gasteiger partial charge in [-0.3, -0.25) is 4.98 Å². The fourth-order valence-electron chi connectivity index (χ4n) is 3.68. The Morgan fingerprint density at radius 3 is 2.96 bits per heavy atom. The first kappa shape index (κ1) is 14.7. The molecule has 0 saturated heterocycles. The third kappa shape index (κ3) is 2.27. The summed E-state index contributed by atoms with van der Waals surface area (Å²) in [6.07, 6.45) is 15.4. The Bertz CT molecular complexity index is 1300. The summed E-state index contributed by atoms with van der Waals surface area (Å²) < 4.78 is 2.59. The molecule has 4 aromatic rings. The van der Waals surface area contributed by atoms with Crippen LogP contribution in [-0.4, -0.2) is 9.97 Å². The van der Waals surface area contributed by atoms with Crippen molar-refractivity contribution in [3.05, 3.63) is 64.0 Å². The van der Waals surface area contributed by atoms with Gasteiger partial charge in [0.05, 0.1) is 21.9 Å². The molecule has 1 aliphatic carbocycles. The van der Waals surface area contributed by atoms with Crippen molar-refractivity contribution >= 4 is 55.5 Å². The highest BCUT2D eigenvalue weighted by atomic mass is 32.1. The molecule has 0 radical (unpaired) electrons. The number of benzene rings is 1. The molecule has 25 heavy (non-hydrogen) atoms. The zero-order chi connectivity index (χ0) is 16.8. The Balaban J connectivity index is 1.92. The van der Waals surface area contributed by atoms with Gasteiger partial charge in [0, 0.05) is 26.0 Å². The van der Waals surface area contributed by atoms with Crippen LogP contribution in [0.25, 0.3) is 44.2 Å². The number of pyridine rings is 1. The number of thiophene rings is 1. The SMILES string of the molecule is C/C=c1\c(=CC2=CC=CCC2)sc2c1ncc1[nH]c3ccccc3c12. The molecule has 0 saturated carbocycles. The van der Waals surface area contributed by atoms with Gasteiger partial charge in [0.25, 0.3) is 0 Å². The first-order valence-electron chi connectivity index (χ1n) is 8.67. The molecule has 3 heteroatoms. The summed E-state index contributed by atoms with van der Waals surface area (Å²) in [6.45, 7) is 2.11. The minimum atomic E-state index is 1.11. The van der Waals surface area contributed by atoms with Crippen molar-refractivity contribution in [2.75, 3.05) is 0 Å². The number of hydrogen-bond acceptors (Lipinski definition) is 2. The average molecular weight is 342 g/mol. The Morgan fingerprint density at radius 1 is 1.20 bits per heavy atom. The molecule has 0 unspecified atom stereocenters. The van der Waals surface area contributed by atoms with Gasteiger partial charge in [-0.15, -0.1) is 11.3 Å². The lowest BCUT2D eigenvalue weighted by Gasteiger charge is -2.01. The summed E-state index contributed by atoms with van der Waals surface area (Å²) in [4.78, 5) is 8.29. The number of hydrogen-bond donors (Lipinski definition) is 1. The summed E-state index contributed by atoms with van der Waals surface area (Å²) in [6, 6.07) is 8.51. The smallest absolute Gasteiger partial charge is 0.0893 e. The zero-order valence-electron chi connectivity index (χ0n) is 14.0. The number of para-hydroxylation sites is 1. The van der Waals surface area contributed by atoms with Gasteiger partial charge in [0.1, 0.15) is 0 Å². The lowest BCUT2D eigenvalue weighted by molar-refractivity contribution is 1.00. The highest BCUT2D eigenvalue weighted by molar-refractivity contribution is 7.18. The van der Waals surface area contributed by atoms with E-state index in [1.165, 1.54) is 36.3 Å². The first-order valence-corrected chi connectivity index (χ1v) is 9.48. The van der Waals surface area contributed by atoms with Gasteiger partial charge in [0.2, 0.25) is 0 Å². The largest absolute Gasteiger partial charge is 0.353 e. The van der Waals surface area contributed by atoms with E-state index >= 15 is 0 Å². The molecule has 0 amide bonds. The Morgan fingerprint density at radius 2 is 2.12 bits per heavy atom. The molecule has 2 nitrogen and oxygen atoms in total. The van der Waals surface area contributed by atoms with E-state index in [1.807, 2.05) is 17.5 Å². The van der Waals surface area contributed by atoms with Crippen molar-refractivity contribution in [1.82, 2.24) is 9.97 Å². The Hall–Kier alpha value is -2.65. The molecule has 3 heterocycles. The second-order valence-corrected chi connectivity index (χ2v) is 7.47. The number of rotatable bonds is 1. The summed E-state index contributed by atoms with van der Waals surface area (Å²) >= 11 is 1.86. The van der Waals surface area contributed by atoms with Crippen molar-refractivity contribution < 1.29 is 0 Å². The van der Waals surface area contributed by atoms with Crippen LogP contribution >= 0.6 is 11.3 Å². The van der Waals surface area contributed by atoms with Crippen LogP contribution in [0.4, 0.5) is 0 Å². The van der Waals surface area contributed by atoms with Gasteiger partial charge in [-0.2, -0.15) is 0 Å². The first-order chi connectivity index (χ1) is 12.3. The molecule has 1 N–H and O–H groups in total. The molecular formula is C22H18N2S. The van der Waals surface area contributed by atoms with E-state index < -0.39 is 0 Å². The summed E-state index contributed by atoms with van der Waals surface area (Å²) in [5.41, 5.74) is 4.80. The summed E-state index contributed by atoms with van der Waals surface area (Å²) in [5, 5.41) is 3.83. The zero-order valence-corrected chi connectivity index (χ0v) is 14.9. The molecule has 0 atom stereocenters. The number of nitrogens with zero attached hydrogens (tertiary/aromatic N) is 1. The number of allylic oxidation sites excluding steroid dienone is 4. The predicted molar refractivity (Wildman–Crippen MR) is 109 cm³/mol. The minimum absolute atomic E-state index is 1.11. The van der Waals surface area contributed by atoms with Crippen LogP contribution in [0.3, 0.4) is 0 Å². The van der Waals surface area contributed by atoms with Crippen LogP contribution in [0, 0.1) is 0 Å². The van der Waals surface area contributed by atoms with Crippen molar-refractivity contribution in [2.24, 2.45) is 0 Å². The fraction of sp³-hybridized carbons (Fsp3) is 0.136. The molecule has 5 rings (SSSR count). The molecule has 0 spiro atoms. The van der Waals surface area contributed by atoms with Crippen molar-refractivity contribution in [3.63, 3.8) is 0 Å². The lowest BCUT2D eigenvalue weighted by atomic mass is 10.0. The molecule has 0 aliphatic heterocycles. The minimum Gasteiger partial charge on any atom is -0.353 e. The normalized spacial score (nSPS) is 16.4. The maximum absolute atomic E-state index is 4.78. The van der Waals surface area contributed by atoms with Crippen LogP contribution in [0.5, 0.6) is 0 Å². The van der Waals surface area contributed by atoms with E-state index in [0.29, 0.717) is 0 Å². The lowest BCUT2D eigenvalue weighted by Crippen LogP contribution is -2.19. The topological polar surface area (TPSA) is 28.7 Å². The van der Waals surface area contributed by atoms with Crippen LogP contribution in [0.15, 0.2) is 54.3 Å². The average Bonchev–Trinajstić information content (AvgIpc) is 3.19. The number of aromatic nitrogens is 2. The van der Waals surface area contributed by atoms with E-state index in [-0.39, 0.29) is 0 Å². The molecule has 122 valence electrons. The van der Waals surface area contributed by atoms with Gasteiger partial charge in [0.15, 0.2) is 0 Å². The van der Waals surface area contributed by atoms with Crippen molar-refractivity contribution in [3.8, 4) is 0 Å². The summed E-state index contributed by atoms with van der Waals surface area (Å²) in [7, 11) is 0. The maximum Gasteiger partial charge on any atom is 0.0893 e. The monoisotopic (exact) mass is 342 g/mol. The molecular weight excluding hydrogens is 324 g/mol. The van der Waals surface area contributed by atoms with Gasteiger partial charge in [-0.05, 0) is 37.5 Å². The Labute approximate surface area is 149 Å². The third-order valence-corrected chi connectivity index (χ3v) is 6.04.